The Balaban J connectivity index is 1.60. The van der Waals surface area contributed by atoms with E-state index in [2.05, 4.69) is 52.8 Å². The van der Waals surface area contributed by atoms with Crippen molar-refractivity contribution in [2.75, 3.05) is 0 Å². The third-order valence-corrected chi connectivity index (χ3v) is 8.53. The lowest BCUT2D eigenvalue weighted by Crippen LogP contribution is -2.36. The van der Waals surface area contributed by atoms with Gasteiger partial charge in [-0.25, -0.2) is 4.79 Å². The molecule has 7 nitrogen and oxygen atoms in total. The highest BCUT2D eigenvalue weighted by molar-refractivity contribution is 5.89. The first kappa shape index (κ1) is 38.1. The summed E-state index contributed by atoms with van der Waals surface area (Å²) in [6.45, 7) is 17.4. The second-order valence-corrected chi connectivity index (χ2v) is 13.3. The first-order valence-electron chi connectivity index (χ1n) is 16.8. The molecule has 1 aliphatic heterocycles. The number of benzene rings is 2. The van der Waals surface area contributed by atoms with Gasteiger partial charge in [0.25, 0.3) is 0 Å². The second kappa shape index (κ2) is 17.7. The van der Waals surface area contributed by atoms with Crippen LogP contribution in [0.15, 0.2) is 65.3 Å². The number of hydrogen-bond acceptors (Lipinski definition) is 7. The third kappa shape index (κ3) is 12.0. The van der Waals surface area contributed by atoms with Gasteiger partial charge >= 0.3 is 17.9 Å². The number of allylic oxidation sites excluding steroid dienone is 6. The Bertz CT molecular complexity index is 1620. The van der Waals surface area contributed by atoms with Gasteiger partial charge in [-0.1, -0.05) is 41.0 Å². The number of ether oxygens (including phenoxy) is 4. The van der Waals surface area contributed by atoms with E-state index in [-0.39, 0.29) is 17.1 Å². The van der Waals surface area contributed by atoms with Gasteiger partial charge in [0.1, 0.15) is 17.1 Å². The molecule has 0 aliphatic carbocycles. The number of esters is 3. The van der Waals surface area contributed by atoms with Crippen molar-refractivity contribution < 1.29 is 33.3 Å². The molecule has 0 fully saturated rings. The molecule has 1 atom stereocenters. The Labute approximate surface area is 286 Å². The van der Waals surface area contributed by atoms with Crippen LogP contribution in [0, 0.1) is 13.8 Å². The summed E-state index contributed by atoms with van der Waals surface area (Å²) in [6.07, 6.45) is 17.9. The molecule has 0 unspecified atom stereocenters. The fourth-order valence-electron chi connectivity index (χ4n) is 5.61. The Morgan fingerprint density at radius 1 is 0.771 bits per heavy atom. The minimum Gasteiger partial charge on any atom is -0.487 e. The number of hydrogen-bond donors (Lipinski definition) is 0. The van der Waals surface area contributed by atoms with E-state index in [0.29, 0.717) is 11.3 Å². The lowest BCUT2D eigenvalue weighted by atomic mass is 9.86. The average molecular weight is 657 g/mol. The van der Waals surface area contributed by atoms with Crippen LogP contribution in [-0.2, 0) is 20.8 Å². The van der Waals surface area contributed by atoms with E-state index in [4.69, 9.17) is 18.9 Å². The van der Waals surface area contributed by atoms with E-state index >= 15 is 0 Å². The van der Waals surface area contributed by atoms with Crippen LogP contribution in [-0.4, -0.2) is 23.5 Å². The summed E-state index contributed by atoms with van der Waals surface area (Å²) < 4.78 is 22.7. The zero-order chi connectivity index (χ0) is 35.4. The minimum atomic E-state index is -0.561. The van der Waals surface area contributed by atoms with Gasteiger partial charge in [0.15, 0.2) is 11.5 Å². The van der Waals surface area contributed by atoms with Crippen LogP contribution in [0.2, 0.25) is 0 Å². The molecule has 1 heterocycles. The summed E-state index contributed by atoms with van der Waals surface area (Å²) in [4.78, 5) is 35.7. The van der Waals surface area contributed by atoms with Crippen LogP contribution in [0.25, 0.3) is 6.08 Å². The van der Waals surface area contributed by atoms with Crippen molar-refractivity contribution in [3.8, 4) is 23.0 Å². The summed E-state index contributed by atoms with van der Waals surface area (Å²) in [7, 11) is 0. The molecule has 0 aromatic heterocycles. The average Bonchev–Trinajstić information content (AvgIpc) is 2.99. The molecule has 7 heteroatoms. The number of rotatable bonds is 14. The molecule has 1 aliphatic rings. The van der Waals surface area contributed by atoms with Crippen molar-refractivity contribution in [1.82, 2.24) is 0 Å². The van der Waals surface area contributed by atoms with Crippen LogP contribution >= 0.6 is 0 Å². The predicted octanol–water partition coefficient (Wildman–Crippen LogP) is 10.1. The maximum Gasteiger partial charge on any atom is 0.336 e. The lowest BCUT2D eigenvalue weighted by Gasteiger charge is -2.37. The zero-order valence-corrected chi connectivity index (χ0v) is 30.2. The molecule has 0 bridgehead atoms. The summed E-state index contributed by atoms with van der Waals surface area (Å²) in [5.41, 5.74) is 7.41. The third-order valence-electron chi connectivity index (χ3n) is 8.53. The van der Waals surface area contributed by atoms with Crippen LogP contribution < -0.4 is 18.9 Å². The monoisotopic (exact) mass is 656 g/mol. The van der Waals surface area contributed by atoms with E-state index < -0.39 is 17.9 Å². The van der Waals surface area contributed by atoms with E-state index in [1.165, 1.54) is 48.8 Å². The maximum atomic E-state index is 12.8. The number of carbonyl (C=O) groups is 3. The first-order valence-corrected chi connectivity index (χ1v) is 16.8. The molecular weight excluding hydrogens is 604 g/mol. The first-order chi connectivity index (χ1) is 22.7. The highest BCUT2D eigenvalue weighted by atomic mass is 16.6. The number of carbonyl (C=O) groups excluding carboxylic acids is 3. The fraction of sp³-hybridized carbons (Fsp3) is 0.439. The molecule has 0 amide bonds. The summed E-state index contributed by atoms with van der Waals surface area (Å²) >= 11 is 0. The van der Waals surface area contributed by atoms with Gasteiger partial charge in [0.2, 0.25) is 0 Å². The van der Waals surface area contributed by atoms with E-state index in [1.807, 2.05) is 19.9 Å². The van der Waals surface area contributed by atoms with Gasteiger partial charge in [0, 0.05) is 19.9 Å². The van der Waals surface area contributed by atoms with E-state index in [0.717, 1.165) is 73.8 Å². The van der Waals surface area contributed by atoms with Crippen molar-refractivity contribution >= 4 is 24.0 Å². The van der Waals surface area contributed by atoms with E-state index in [9.17, 15) is 14.4 Å². The maximum absolute atomic E-state index is 12.8. The van der Waals surface area contributed by atoms with Crippen LogP contribution in [0.4, 0.5) is 0 Å². The molecule has 0 saturated carbocycles. The van der Waals surface area contributed by atoms with Crippen LogP contribution in [0.5, 0.6) is 23.0 Å². The van der Waals surface area contributed by atoms with Gasteiger partial charge in [0.05, 0.1) is 0 Å². The smallest absolute Gasteiger partial charge is 0.336 e. The Morgan fingerprint density at radius 2 is 1.40 bits per heavy atom. The largest absolute Gasteiger partial charge is 0.487 e. The molecule has 3 rings (SSSR count). The normalized spacial score (nSPS) is 16.2. The summed E-state index contributed by atoms with van der Waals surface area (Å²) in [5.74, 6) is -0.0726. The second-order valence-electron chi connectivity index (χ2n) is 13.3. The predicted molar refractivity (Wildman–Crippen MR) is 192 cm³/mol. The van der Waals surface area contributed by atoms with E-state index in [1.54, 1.807) is 12.1 Å². The highest BCUT2D eigenvalue weighted by Crippen LogP contribution is 2.42. The highest BCUT2D eigenvalue weighted by Gasteiger charge is 2.33. The lowest BCUT2D eigenvalue weighted by molar-refractivity contribution is -0.134. The molecular formula is C41H52O7. The van der Waals surface area contributed by atoms with Crippen LogP contribution in [0.3, 0.4) is 0 Å². The molecule has 0 spiro atoms. The molecule has 2 aromatic carbocycles. The standard InChI is InChI=1S/C41H52O7/c1-27(2)13-10-14-28(3)15-11-16-29(4)17-12-23-41(9)24-22-35-26-37(30(5)31(6)40(35)48-41)47-39(44)21-19-34-18-20-36(45-32(7)42)38(25-34)46-33(8)43/h13,15,17-21,25-26H,10-12,14,16,22-24H2,1-9H3/t41-/m1/s1. The van der Waals surface area contributed by atoms with Gasteiger partial charge < -0.3 is 18.9 Å². The molecule has 2 aromatic rings. The van der Waals surface area contributed by atoms with Crippen molar-refractivity contribution in [3.05, 3.63) is 87.5 Å². The Hall–Kier alpha value is -4.39. The van der Waals surface area contributed by atoms with Crippen molar-refractivity contribution in [3.63, 3.8) is 0 Å². The van der Waals surface area contributed by atoms with Crippen molar-refractivity contribution in [2.45, 2.75) is 119 Å². The Morgan fingerprint density at radius 3 is 2.04 bits per heavy atom. The molecule has 0 radical (unpaired) electrons. The van der Waals surface area contributed by atoms with Gasteiger partial charge in [-0.15, -0.1) is 0 Å². The molecule has 258 valence electrons. The SMILES string of the molecule is CC(=O)Oc1ccc(C=CC(=O)Oc2cc3c(c(C)c2C)O[C@](C)(CCC=C(C)CCC=C(C)CCC=C(C)C)CC3)cc1OC(C)=O. The Kier molecular flexibility index (Phi) is 14.0. The molecule has 48 heavy (non-hydrogen) atoms. The minimum absolute atomic E-state index is 0.0803. The topological polar surface area (TPSA) is 88.1 Å². The van der Waals surface area contributed by atoms with Crippen LogP contribution in [0.1, 0.15) is 116 Å². The quantitative estimate of drug-likeness (QED) is 0.0865. The van der Waals surface area contributed by atoms with Gasteiger partial charge in [-0.05, 0) is 146 Å². The summed E-state index contributed by atoms with van der Waals surface area (Å²) in [6, 6.07) is 6.56. The van der Waals surface area contributed by atoms with Crippen molar-refractivity contribution in [2.24, 2.45) is 0 Å². The fourth-order valence-corrected chi connectivity index (χ4v) is 5.61. The molecule has 0 N–H and O–H groups in total. The number of aryl methyl sites for hydroxylation is 1. The van der Waals surface area contributed by atoms with Gasteiger partial charge in [-0.2, -0.15) is 0 Å². The summed E-state index contributed by atoms with van der Waals surface area (Å²) in [5, 5.41) is 0. The van der Waals surface area contributed by atoms with Crippen molar-refractivity contribution in [1.29, 1.82) is 0 Å². The molecule has 0 saturated heterocycles. The number of fused-ring (bicyclic) bond motifs is 1. The zero-order valence-electron chi connectivity index (χ0n) is 30.2. The van der Waals surface area contributed by atoms with Gasteiger partial charge in [-0.3, -0.25) is 9.59 Å².